The second-order valence-corrected chi connectivity index (χ2v) is 8.11. The van der Waals surface area contributed by atoms with Crippen molar-refractivity contribution in [1.82, 2.24) is 16.0 Å². The molecule has 0 radical (unpaired) electrons. The van der Waals surface area contributed by atoms with E-state index < -0.39 is 54.2 Å². The summed E-state index contributed by atoms with van der Waals surface area (Å²) in [7, 11) is 0. The Morgan fingerprint density at radius 1 is 0.900 bits per heavy atom. The van der Waals surface area contributed by atoms with Gasteiger partial charge in [-0.15, -0.1) is 0 Å². The smallest absolute Gasteiger partial charge is 0.326 e. The lowest BCUT2D eigenvalue weighted by atomic mass is 10.0. The minimum absolute atomic E-state index is 0.0131. The van der Waals surface area contributed by atoms with Crippen LogP contribution in [0.2, 0.25) is 0 Å². The standard InChI is InChI=1S/C18H32N4O7S/c1-10(2)8-13(18(28)29)22-16(26)11(4-5-15(24)25)21-17(27)12(6-7-30-3)20-14(23)9-19/h10-13H,4-9,19H2,1-3H3,(H,20,23)(H,21,27)(H,22,26)(H,24,25)(H,28,29). The first-order valence-corrected chi connectivity index (χ1v) is 10.9. The van der Waals surface area contributed by atoms with Crippen molar-refractivity contribution in [3.05, 3.63) is 0 Å². The van der Waals surface area contributed by atoms with Crippen molar-refractivity contribution >= 4 is 41.4 Å². The molecule has 0 fully saturated rings. The number of nitrogens with two attached hydrogens (primary N) is 1. The van der Waals surface area contributed by atoms with Crippen LogP contribution in [0.25, 0.3) is 0 Å². The van der Waals surface area contributed by atoms with E-state index in [2.05, 4.69) is 16.0 Å². The van der Waals surface area contributed by atoms with E-state index in [-0.39, 0.29) is 31.7 Å². The van der Waals surface area contributed by atoms with E-state index in [1.54, 1.807) is 13.8 Å². The zero-order chi connectivity index (χ0) is 23.3. The first-order valence-electron chi connectivity index (χ1n) is 9.55. The second-order valence-electron chi connectivity index (χ2n) is 7.13. The van der Waals surface area contributed by atoms with Crippen LogP contribution < -0.4 is 21.7 Å². The molecule has 12 heteroatoms. The van der Waals surface area contributed by atoms with Crippen LogP contribution in [0, 0.1) is 5.92 Å². The summed E-state index contributed by atoms with van der Waals surface area (Å²) in [5.74, 6) is -3.89. The van der Waals surface area contributed by atoms with Crippen LogP contribution in [0.5, 0.6) is 0 Å². The molecule has 0 spiro atoms. The fourth-order valence-electron chi connectivity index (χ4n) is 2.53. The van der Waals surface area contributed by atoms with Crippen LogP contribution in [-0.4, -0.2) is 76.6 Å². The van der Waals surface area contributed by atoms with Crippen LogP contribution in [0.15, 0.2) is 0 Å². The van der Waals surface area contributed by atoms with Gasteiger partial charge in [0.2, 0.25) is 17.7 Å². The summed E-state index contributed by atoms with van der Waals surface area (Å²) in [6, 6.07) is -3.40. The first kappa shape index (κ1) is 27.7. The quantitative estimate of drug-likeness (QED) is 0.185. The Morgan fingerprint density at radius 3 is 1.87 bits per heavy atom. The summed E-state index contributed by atoms with van der Waals surface area (Å²) >= 11 is 1.45. The Kier molecular flexibility index (Phi) is 13.5. The van der Waals surface area contributed by atoms with Crippen molar-refractivity contribution in [3.8, 4) is 0 Å². The minimum Gasteiger partial charge on any atom is -0.481 e. The van der Waals surface area contributed by atoms with E-state index in [0.29, 0.717) is 5.75 Å². The molecule has 0 saturated carbocycles. The molecule has 0 rings (SSSR count). The maximum absolute atomic E-state index is 12.6. The van der Waals surface area contributed by atoms with Crippen molar-refractivity contribution in [2.45, 2.75) is 57.7 Å². The molecule has 0 aromatic carbocycles. The van der Waals surface area contributed by atoms with Crippen molar-refractivity contribution in [3.63, 3.8) is 0 Å². The number of amides is 3. The highest BCUT2D eigenvalue weighted by Crippen LogP contribution is 2.08. The molecule has 0 aromatic heterocycles. The van der Waals surface area contributed by atoms with E-state index in [1.807, 2.05) is 6.26 Å². The van der Waals surface area contributed by atoms with E-state index in [0.717, 1.165) is 0 Å². The van der Waals surface area contributed by atoms with E-state index >= 15 is 0 Å². The van der Waals surface area contributed by atoms with Crippen LogP contribution in [-0.2, 0) is 24.0 Å². The monoisotopic (exact) mass is 448 g/mol. The molecular weight excluding hydrogens is 416 g/mol. The third kappa shape index (κ3) is 11.6. The summed E-state index contributed by atoms with van der Waals surface area (Å²) in [5.41, 5.74) is 5.27. The number of nitrogens with one attached hydrogen (secondary N) is 3. The normalized spacial score (nSPS) is 13.8. The number of hydrogen-bond acceptors (Lipinski definition) is 7. The Labute approximate surface area is 179 Å². The molecule has 0 bridgehead atoms. The average molecular weight is 449 g/mol. The minimum atomic E-state index is -1.27. The molecule has 0 aliphatic carbocycles. The summed E-state index contributed by atoms with van der Waals surface area (Å²) in [4.78, 5) is 59.2. The molecule has 3 amide bonds. The fourth-order valence-corrected chi connectivity index (χ4v) is 3.00. The Hall–Kier alpha value is -2.34. The van der Waals surface area contributed by atoms with Crippen molar-refractivity contribution in [1.29, 1.82) is 0 Å². The zero-order valence-corrected chi connectivity index (χ0v) is 18.3. The van der Waals surface area contributed by atoms with Crippen molar-refractivity contribution < 1.29 is 34.2 Å². The highest BCUT2D eigenvalue weighted by Gasteiger charge is 2.30. The van der Waals surface area contributed by atoms with Gasteiger partial charge in [0.1, 0.15) is 18.1 Å². The summed E-state index contributed by atoms with van der Waals surface area (Å²) in [6.45, 7) is 3.27. The van der Waals surface area contributed by atoms with Gasteiger partial charge in [0.15, 0.2) is 0 Å². The van der Waals surface area contributed by atoms with Gasteiger partial charge < -0.3 is 31.9 Å². The molecule has 0 saturated heterocycles. The molecule has 0 aromatic rings. The molecular formula is C18H32N4O7S. The van der Waals surface area contributed by atoms with E-state index in [9.17, 15) is 29.1 Å². The molecule has 0 aliphatic heterocycles. The first-order chi connectivity index (χ1) is 14.0. The van der Waals surface area contributed by atoms with Crippen LogP contribution in [0.3, 0.4) is 0 Å². The largest absolute Gasteiger partial charge is 0.481 e. The molecule has 3 atom stereocenters. The molecule has 11 nitrogen and oxygen atoms in total. The Bertz CT molecular complexity index is 615. The molecule has 0 aliphatic rings. The maximum atomic E-state index is 12.6. The van der Waals surface area contributed by atoms with Crippen LogP contribution in [0.4, 0.5) is 0 Å². The van der Waals surface area contributed by atoms with Gasteiger partial charge in [0, 0.05) is 6.42 Å². The Balaban J connectivity index is 5.37. The summed E-state index contributed by atoms with van der Waals surface area (Å²) < 4.78 is 0. The van der Waals surface area contributed by atoms with Crippen molar-refractivity contribution in [2.75, 3.05) is 18.6 Å². The predicted octanol–water partition coefficient (Wildman–Crippen LogP) is -0.852. The molecule has 7 N–H and O–H groups in total. The van der Waals surface area contributed by atoms with E-state index in [4.69, 9.17) is 10.8 Å². The average Bonchev–Trinajstić information content (AvgIpc) is 2.66. The highest BCUT2D eigenvalue weighted by atomic mass is 32.2. The summed E-state index contributed by atoms with van der Waals surface area (Å²) in [6.07, 6.45) is 1.62. The maximum Gasteiger partial charge on any atom is 0.326 e. The van der Waals surface area contributed by atoms with Gasteiger partial charge in [-0.2, -0.15) is 11.8 Å². The number of carbonyl (C=O) groups is 5. The van der Waals surface area contributed by atoms with Gasteiger partial charge in [-0.3, -0.25) is 19.2 Å². The van der Waals surface area contributed by atoms with Crippen LogP contribution >= 0.6 is 11.8 Å². The second kappa shape index (κ2) is 14.6. The zero-order valence-electron chi connectivity index (χ0n) is 17.5. The molecule has 172 valence electrons. The topological polar surface area (TPSA) is 188 Å². The fraction of sp³-hybridized carbons (Fsp3) is 0.722. The lowest BCUT2D eigenvalue weighted by molar-refractivity contribution is -0.143. The number of hydrogen-bond donors (Lipinski definition) is 6. The lowest BCUT2D eigenvalue weighted by Gasteiger charge is -2.24. The van der Waals surface area contributed by atoms with Crippen molar-refractivity contribution in [2.24, 2.45) is 11.7 Å². The molecule has 3 unspecified atom stereocenters. The SMILES string of the molecule is CSCCC(NC(=O)CN)C(=O)NC(CCC(=O)O)C(=O)NC(CC(C)C)C(=O)O. The van der Waals surface area contributed by atoms with Gasteiger partial charge in [0.25, 0.3) is 0 Å². The predicted molar refractivity (Wildman–Crippen MR) is 112 cm³/mol. The number of carboxylic acids is 2. The van der Waals surface area contributed by atoms with Crippen LogP contribution in [0.1, 0.15) is 39.5 Å². The van der Waals surface area contributed by atoms with Gasteiger partial charge in [0.05, 0.1) is 6.54 Å². The third-order valence-electron chi connectivity index (χ3n) is 4.05. The highest BCUT2D eigenvalue weighted by molar-refractivity contribution is 7.98. The van der Waals surface area contributed by atoms with Gasteiger partial charge >= 0.3 is 11.9 Å². The van der Waals surface area contributed by atoms with E-state index in [1.165, 1.54) is 11.8 Å². The van der Waals surface area contributed by atoms with Gasteiger partial charge in [-0.1, -0.05) is 13.8 Å². The number of aliphatic carboxylic acids is 2. The lowest BCUT2D eigenvalue weighted by Crippen LogP contribution is -2.56. The number of thioether (sulfide) groups is 1. The summed E-state index contributed by atoms with van der Waals surface area (Å²) in [5, 5.41) is 25.5. The van der Waals surface area contributed by atoms with Gasteiger partial charge in [-0.25, -0.2) is 4.79 Å². The number of carbonyl (C=O) groups excluding carboxylic acids is 3. The third-order valence-corrected chi connectivity index (χ3v) is 4.69. The van der Waals surface area contributed by atoms with Gasteiger partial charge in [-0.05, 0) is 37.2 Å². The number of carboxylic acid groups (broad SMARTS) is 2. The number of rotatable bonds is 15. The Morgan fingerprint density at radius 2 is 1.43 bits per heavy atom. The molecule has 30 heavy (non-hydrogen) atoms. The molecule has 0 heterocycles.